The van der Waals surface area contributed by atoms with Gasteiger partial charge in [0, 0.05) is 18.9 Å². The molecule has 0 saturated carbocycles. The van der Waals surface area contributed by atoms with Gasteiger partial charge >= 0.3 is 6.18 Å². The molecular formula is C15H10Cl2F3N3. The van der Waals surface area contributed by atoms with Crippen molar-refractivity contribution in [2.24, 2.45) is 0 Å². The Bertz CT molecular complexity index is 845. The van der Waals surface area contributed by atoms with E-state index in [1.54, 1.807) is 24.5 Å². The van der Waals surface area contributed by atoms with Gasteiger partial charge in [0.1, 0.15) is 12.2 Å². The van der Waals surface area contributed by atoms with Crippen LogP contribution in [-0.2, 0) is 13.0 Å². The topological polar surface area (TPSA) is 30.7 Å². The van der Waals surface area contributed by atoms with Crippen molar-refractivity contribution in [3.8, 4) is 0 Å². The number of halogens is 5. The molecule has 8 heteroatoms. The summed E-state index contributed by atoms with van der Waals surface area (Å²) in [4.78, 5) is 7.98. The van der Waals surface area contributed by atoms with Crippen LogP contribution in [0.2, 0.25) is 10.0 Å². The molecule has 0 N–H and O–H groups in total. The number of alkyl halides is 3. The van der Waals surface area contributed by atoms with Gasteiger partial charge < -0.3 is 4.57 Å². The molecule has 3 aromatic rings. The monoisotopic (exact) mass is 359 g/mol. The second kappa shape index (κ2) is 6.02. The predicted octanol–water partition coefficient (Wildman–Crippen LogP) is 4.89. The highest BCUT2D eigenvalue weighted by Gasteiger charge is 2.31. The highest BCUT2D eigenvalue weighted by Crippen LogP contribution is 2.30. The number of pyridine rings is 1. The smallest absolute Gasteiger partial charge is 0.323 e. The summed E-state index contributed by atoms with van der Waals surface area (Å²) in [6, 6.07) is 6.48. The van der Waals surface area contributed by atoms with Crippen molar-refractivity contribution >= 4 is 34.2 Å². The fraction of sp³-hybridized carbons (Fsp3) is 0.200. The van der Waals surface area contributed by atoms with Crippen LogP contribution in [0.15, 0.2) is 36.7 Å². The first-order valence-electron chi connectivity index (χ1n) is 6.63. The number of rotatable bonds is 3. The van der Waals surface area contributed by atoms with Gasteiger partial charge in [-0.05, 0) is 29.8 Å². The zero-order valence-electron chi connectivity index (χ0n) is 11.6. The van der Waals surface area contributed by atoms with Gasteiger partial charge in [0.05, 0.1) is 21.1 Å². The number of nitrogens with zero attached hydrogens (tertiary/aromatic N) is 3. The summed E-state index contributed by atoms with van der Waals surface area (Å²) in [7, 11) is 0. The van der Waals surface area contributed by atoms with E-state index in [-0.39, 0.29) is 22.4 Å². The average Bonchev–Trinajstić information content (AvgIpc) is 2.76. The standard InChI is InChI=1S/C15H10Cl2F3N3/c16-10-5-12-13(6-11(10)17)23(8-9-1-3-21-4-2-9)14(22-12)7-15(18,19)20/h1-6H,7-8H2. The maximum absolute atomic E-state index is 12.8. The van der Waals surface area contributed by atoms with E-state index in [4.69, 9.17) is 23.2 Å². The Hall–Kier alpha value is -1.79. The molecule has 3 rings (SSSR count). The molecule has 0 atom stereocenters. The number of aromatic nitrogens is 3. The maximum atomic E-state index is 12.8. The zero-order chi connectivity index (χ0) is 16.6. The molecule has 2 heterocycles. The molecule has 1 aromatic carbocycles. The lowest BCUT2D eigenvalue weighted by molar-refractivity contribution is -0.128. The van der Waals surface area contributed by atoms with Crippen LogP contribution in [0.25, 0.3) is 11.0 Å². The normalized spacial score (nSPS) is 12.0. The van der Waals surface area contributed by atoms with Gasteiger partial charge in [0.25, 0.3) is 0 Å². The van der Waals surface area contributed by atoms with E-state index in [9.17, 15) is 13.2 Å². The molecule has 0 radical (unpaired) electrons. The van der Waals surface area contributed by atoms with Crippen molar-refractivity contribution < 1.29 is 13.2 Å². The van der Waals surface area contributed by atoms with Crippen LogP contribution in [0.4, 0.5) is 13.2 Å². The molecule has 3 nitrogen and oxygen atoms in total. The lowest BCUT2D eigenvalue weighted by Crippen LogP contribution is -2.16. The molecule has 0 aliphatic rings. The summed E-state index contributed by atoms with van der Waals surface area (Å²) in [6.07, 6.45) is -2.31. The second-order valence-corrected chi connectivity index (χ2v) is 5.83. The Kier molecular flexibility index (Phi) is 4.21. The van der Waals surface area contributed by atoms with Crippen LogP contribution >= 0.6 is 23.2 Å². The van der Waals surface area contributed by atoms with Crippen molar-refractivity contribution in [1.82, 2.24) is 14.5 Å². The summed E-state index contributed by atoms with van der Waals surface area (Å²) in [5.41, 5.74) is 1.71. The third-order valence-corrected chi connectivity index (χ3v) is 4.04. The molecule has 23 heavy (non-hydrogen) atoms. The van der Waals surface area contributed by atoms with E-state index in [1.807, 2.05) is 0 Å². The fourth-order valence-corrected chi connectivity index (χ4v) is 2.65. The molecule has 0 spiro atoms. The van der Waals surface area contributed by atoms with Crippen LogP contribution in [0.1, 0.15) is 11.4 Å². The minimum atomic E-state index is -4.36. The van der Waals surface area contributed by atoms with Crippen LogP contribution in [0.5, 0.6) is 0 Å². The van der Waals surface area contributed by atoms with Gasteiger partial charge in [-0.1, -0.05) is 23.2 Å². The van der Waals surface area contributed by atoms with Gasteiger partial charge in [0.2, 0.25) is 0 Å². The van der Waals surface area contributed by atoms with Crippen molar-refractivity contribution in [3.05, 3.63) is 58.1 Å². The molecular weight excluding hydrogens is 350 g/mol. The molecule has 0 aliphatic heterocycles. The summed E-state index contributed by atoms with van der Waals surface area (Å²) < 4.78 is 40.0. The molecule has 2 aromatic heterocycles. The Morgan fingerprint density at radius 2 is 1.70 bits per heavy atom. The minimum absolute atomic E-state index is 0.0809. The van der Waals surface area contributed by atoms with E-state index < -0.39 is 12.6 Å². The predicted molar refractivity (Wildman–Crippen MR) is 82.9 cm³/mol. The number of benzene rings is 1. The third-order valence-electron chi connectivity index (χ3n) is 3.32. The number of fused-ring (bicyclic) bond motifs is 1. The van der Waals surface area contributed by atoms with Crippen molar-refractivity contribution in [2.75, 3.05) is 0 Å². The lowest BCUT2D eigenvalue weighted by atomic mass is 10.2. The lowest BCUT2D eigenvalue weighted by Gasteiger charge is -2.11. The summed E-state index contributed by atoms with van der Waals surface area (Å²) in [6.45, 7) is 0.238. The Morgan fingerprint density at radius 3 is 2.35 bits per heavy atom. The van der Waals surface area contributed by atoms with Crippen molar-refractivity contribution in [3.63, 3.8) is 0 Å². The molecule has 0 amide bonds. The maximum Gasteiger partial charge on any atom is 0.396 e. The van der Waals surface area contributed by atoms with Crippen molar-refractivity contribution in [2.45, 2.75) is 19.1 Å². The summed E-state index contributed by atoms with van der Waals surface area (Å²) in [5, 5.41) is 0.528. The highest BCUT2D eigenvalue weighted by molar-refractivity contribution is 6.42. The highest BCUT2D eigenvalue weighted by atomic mass is 35.5. The molecule has 0 aliphatic carbocycles. The number of hydrogen-bond donors (Lipinski definition) is 0. The van der Waals surface area contributed by atoms with Gasteiger partial charge in [-0.2, -0.15) is 13.2 Å². The first kappa shape index (κ1) is 16.1. The molecule has 0 bridgehead atoms. The summed E-state index contributed by atoms with van der Waals surface area (Å²) >= 11 is 11.9. The van der Waals surface area contributed by atoms with E-state index in [1.165, 1.54) is 16.7 Å². The van der Waals surface area contributed by atoms with Crippen LogP contribution in [0.3, 0.4) is 0 Å². The van der Waals surface area contributed by atoms with E-state index >= 15 is 0 Å². The Morgan fingerprint density at radius 1 is 1.04 bits per heavy atom. The third kappa shape index (κ3) is 3.59. The van der Waals surface area contributed by atoms with Gasteiger partial charge in [-0.15, -0.1) is 0 Å². The quantitative estimate of drug-likeness (QED) is 0.666. The molecule has 120 valence electrons. The first-order chi connectivity index (χ1) is 10.8. The van der Waals surface area contributed by atoms with Gasteiger partial charge in [-0.25, -0.2) is 4.98 Å². The van der Waals surface area contributed by atoms with Gasteiger partial charge in [-0.3, -0.25) is 4.98 Å². The molecule has 0 saturated heterocycles. The summed E-state index contributed by atoms with van der Waals surface area (Å²) in [5.74, 6) is -0.0809. The largest absolute Gasteiger partial charge is 0.396 e. The van der Waals surface area contributed by atoms with E-state index in [0.717, 1.165) is 5.56 Å². The molecule has 0 fully saturated rings. The zero-order valence-corrected chi connectivity index (χ0v) is 13.1. The first-order valence-corrected chi connectivity index (χ1v) is 7.39. The van der Waals surface area contributed by atoms with Crippen LogP contribution in [-0.4, -0.2) is 20.7 Å². The van der Waals surface area contributed by atoms with Crippen LogP contribution in [0, 0.1) is 0 Å². The van der Waals surface area contributed by atoms with Crippen LogP contribution < -0.4 is 0 Å². The SMILES string of the molecule is FC(F)(F)Cc1nc2cc(Cl)c(Cl)cc2n1Cc1ccncc1. The fourth-order valence-electron chi connectivity index (χ4n) is 2.33. The molecule has 0 unspecified atom stereocenters. The minimum Gasteiger partial charge on any atom is -0.323 e. The average molecular weight is 360 g/mol. The van der Waals surface area contributed by atoms with E-state index in [0.29, 0.717) is 11.0 Å². The number of imidazole rings is 1. The van der Waals surface area contributed by atoms with E-state index in [2.05, 4.69) is 9.97 Å². The van der Waals surface area contributed by atoms with Gasteiger partial charge in [0.15, 0.2) is 0 Å². The number of hydrogen-bond acceptors (Lipinski definition) is 2. The van der Waals surface area contributed by atoms with Crippen molar-refractivity contribution in [1.29, 1.82) is 0 Å². The Balaban J connectivity index is 2.14. The second-order valence-electron chi connectivity index (χ2n) is 5.02. The Labute approximate surface area is 139 Å².